The van der Waals surface area contributed by atoms with E-state index in [2.05, 4.69) is 15.1 Å². The molecule has 0 fully saturated rings. The maximum atomic E-state index is 8.50. The van der Waals surface area contributed by atoms with E-state index in [0.29, 0.717) is 23.8 Å². The Morgan fingerprint density at radius 2 is 2.35 bits per heavy atom. The third kappa shape index (κ3) is 3.74. The van der Waals surface area contributed by atoms with Crippen molar-refractivity contribution in [3.63, 3.8) is 0 Å². The van der Waals surface area contributed by atoms with Crippen molar-refractivity contribution >= 4 is 23.3 Å². The van der Waals surface area contributed by atoms with Gasteiger partial charge in [0.05, 0.1) is 6.20 Å². The zero-order valence-electron chi connectivity index (χ0n) is 9.84. The fraction of sp³-hybridized carbons (Fsp3) is 0.500. The molecule has 7 heteroatoms. The quantitative estimate of drug-likeness (QED) is 0.361. The van der Waals surface area contributed by atoms with Crippen LogP contribution in [0, 0.1) is 0 Å². The van der Waals surface area contributed by atoms with Crippen molar-refractivity contribution in [3.05, 3.63) is 17.5 Å². The second kappa shape index (κ2) is 6.24. The lowest BCUT2D eigenvalue weighted by Gasteiger charge is -2.28. The van der Waals surface area contributed by atoms with Crippen LogP contribution in [-0.2, 0) is 0 Å². The topological polar surface area (TPSA) is 87.6 Å². The van der Waals surface area contributed by atoms with Gasteiger partial charge < -0.3 is 15.8 Å². The van der Waals surface area contributed by atoms with Crippen LogP contribution >= 0.6 is 11.6 Å². The van der Waals surface area contributed by atoms with Crippen LogP contribution in [0.15, 0.2) is 17.7 Å². The molecule has 1 aromatic rings. The van der Waals surface area contributed by atoms with Crippen LogP contribution in [0.1, 0.15) is 20.3 Å². The van der Waals surface area contributed by atoms with Gasteiger partial charge in [-0.25, -0.2) is 9.97 Å². The van der Waals surface area contributed by atoms with E-state index >= 15 is 0 Å². The van der Waals surface area contributed by atoms with Gasteiger partial charge in [0, 0.05) is 19.0 Å². The summed E-state index contributed by atoms with van der Waals surface area (Å²) in [5, 5.41) is 11.9. The Morgan fingerprint density at radius 1 is 1.65 bits per heavy atom. The van der Waals surface area contributed by atoms with E-state index in [-0.39, 0.29) is 11.9 Å². The molecule has 6 nitrogen and oxygen atoms in total. The first-order valence-electron chi connectivity index (χ1n) is 5.24. The van der Waals surface area contributed by atoms with Crippen LogP contribution in [0.5, 0.6) is 0 Å². The highest BCUT2D eigenvalue weighted by Crippen LogP contribution is 2.23. The Balaban J connectivity index is 2.83. The van der Waals surface area contributed by atoms with Gasteiger partial charge in [0.25, 0.3) is 0 Å². The molecule has 0 spiro atoms. The molecule has 0 atom stereocenters. The van der Waals surface area contributed by atoms with Gasteiger partial charge in [0.15, 0.2) is 5.82 Å². The summed E-state index contributed by atoms with van der Waals surface area (Å²) in [5.41, 5.74) is 5.45. The molecule has 0 unspecified atom stereocenters. The minimum atomic E-state index is 0.181. The van der Waals surface area contributed by atoms with Crippen molar-refractivity contribution in [2.24, 2.45) is 10.9 Å². The third-order valence-electron chi connectivity index (χ3n) is 2.28. The molecule has 0 aromatic carbocycles. The number of aromatic nitrogens is 2. The Bertz CT molecular complexity index is 396. The first-order chi connectivity index (χ1) is 8.06. The summed E-state index contributed by atoms with van der Waals surface area (Å²) < 4.78 is 0. The van der Waals surface area contributed by atoms with Crippen LogP contribution in [0.4, 0.5) is 5.82 Å². The monoisotopic (exact) mass is 257 g/mol. The molecule has 1 heterocycles. The smallest absolute Gasteiger partial charge is 0.151 e. The predicted octanol–water partition coefficient (Wildman–Crippen LogP) is 1.48. The number of hydrogen-bond acceptors (Lipinski definition) is 5. The molecule has 0 aliphatic heterocycles. The zero-order valence-corrected chi connectivity index (χ0v) is 10.6. The van der Waals surface area contributed by atoms with E-state index < -0.39 is 0 Å². The van der Waals surface area contributed by atoms with E-state index in [4.69, 9.17) is 22.5 Å². The average Bonchev–Trinajstić information content (AvgIpc) is 2.30. The standard InChI is InChI=1S/C10H16ClN5O/c1-7(2)16(4-3-9(12)15-17)10-8(11)5-13-6-14-10/h5-7,17H,3-4H2,1-2H3,(H2,12,15). The number of oxime groups is 1. The van der Waals surface area contributed by atoms with Crippen LogP contribution in [0.3, 0.4) is 0 Å². The molecule has 0 radical (unpaired) electrons. The highest BCUT2D eigenvalue weighted by Gasteiger charge is 2.15. The second-order valence-electron chi connectivity index (χ2n) is 3.82. The lowest BCUT2D eigenvalue weighted by Crippen LogP contribution is -2.35. The number of hydrogen-bond donors (Lipinski definition) is 2. The molecule has 17 heavy (non-hydrogen) atoms. The molecule has 0 aliphatic rings. The summed E-state index contributed by atoms with van der Waals surface area (Å²) in [6, 6.07) is 0.203. The van der Waals surface area contributed by atoms with Crippen LogP contribution < -0.4 is 10.6 Å². The third-order valence-corrected chi connectivity index (χ3v) is 2.55. The van der Waals surface area contributed by atoms with Crippen LogP contribution in [-0.4, -0.2) is 33.6 Å². The lowest BCUT2D eigenvalue weighted by atomic mass is 10.2. The van der Waals surface area contributed by atoms with Gasteiger partial charge >= 0.3 is 0 Å². The minimum absolute atomic E-state index is 0.181. The number of amidine groups is 1. The van der Waals surface area contributed by atoms with Crippen molar-refractivity contribution in [1.29, 1.82) is 0 Å². The number of anilines is 1. The first-order valence-corrected chi connectivity index (χ1v) is 5.62. The number of halogens is 1. The van der Waals surface area contributed by atoms with Crippen molar-refractivity contribution in [3.8, 4) is 0 Å². The highest BCUT2D eigenvalue weighted by atomic mass is 35.5. The van der Waals surface area contributed by atoms with E-state index in [9.17, 15) is 0 Å². The molecule has 0 saturated heterocycles. The molecule has 0 saturated carbocycles. The van der Waals surface area contributed by atoms with E-state index in [1.54, 1.807) is 6.20 Å². The molecule has 1 aromatic heterocycles. The minimum Gasteiger partial charge on any atom is -0.409 e. The lowest BCUT2D eigenvalue weighted by molar-refractivity contribution is 0.317. The maximum Gasteiger partial charge on any atom is 0.151 e. The van der Waals surface area contributed by atoms with Gasteiger partial charge in [0.2, 0.25) is 0 Å². The van der Waals surface area contributed by atoms with Gasteiger partial charge in [-0.05, 0) is 13.8 Å². The van der Waals surface area contributed by atoms with Gasteiger partial charge in [-0.15, -0.1) is 0 Å². The van der Waals surface area contributed by atoms with Gasteiger partial charge in [-0.2, -0.15) is 0 Å². The van der Waals surface area contributed by atoms with Crippen molar-refractivity contribution in [2.45, 2.75) is 26.3 Å². The summed E-state index contributed by atoms with van der Waals surface area (Å²) >= 11 is 6.03. The summed E-state index contributed by atoms with van der Waals surface area (Å²) in [6.07, 6.45) is 3.43. The molecule has 0 bridgehead atoms. The number of rotatable bonds is 5. The largest absolute Gasteiger partial charge is 0.409 e. The average molecular weight is 258 g/mol. The van der Waals surface area contributed by atoms with E-state index in [1.807, 2.05) is 18.7 Å². The summed E-state index contributed by atoms with van der Waals surface area (Å²) in [4.78, 5) is 9.96. The molecule has 3 N–H and O–H groups in total. The van der Waals surface area contributed by atoms with E-state index in [0.717, 1.165) is 0 Å². The van der Waals surface area contributed by atoms with Gasteiger partial charge in [0.1, 0.15) is 17.2 Å². The van der Waals surface area contributed by atoms with Crippen LogP contribution in [0.2, 0.25) is 5.02 Å². The Kier molecular flexibility index (Phi) is 4.96. The first kappa shape index (κ1) is 13.5. The zero-order chi connectivity index (χ0) is 12.8. The van der Waals surface area contributed by atoms with Crippen LogP contribution in [0.25, 0.3) is 0 Å². The molecule has 0 amide bonds. The van der Waals surface area contributed by atoms with Crippen molar-refractivity contribution < 1.29 is 5.21 Å². The summed E-state index contributed by atoms with van der Waals surface area (Å²) in [7, 11) is 0. The molecule has 94 valence electrons. The second-order valence-corrected chi connectivity index (χ2v) is 4.23. The fourth-order valence-electron chi connectivity index (χ4n) is 1.41. The summed E-state index contributed by atoms with van der Waals surface area (Å²) in [6.45, 7) is 4.61. The predicted molar refractivity (Wildman–Crippen MR) is 67.5 cm³/mol. The Morgan fingerprint density at radius 3 is 2.88 bits per heavy atom. The molecular weight excluding hydrogens is 242 g/mol. The SMILES string of the molecule is CC(C)N(CCC(N)=NO)c1ncncc1Cl. The number of nitrogens with two attached hydrogens (primary N) is 1. The molecule has 0 aliphatic carbocycles. The van der Waals surface area contributed by atoms with Crippen molar-refractivity contribution in [1.82, 2.24) is 9.97 Å². The molecular formula is C10H16ClN5O. The fourth-order valence-corrected chi connectivity index (χ4v) is 1.62. The van der Waals surface area contributed by atoms with Gasteiger partial charge in [-0.3, -0.25) is 0 Å². The summed E-state index contributed by atoms with van der Waals surface area (Å²) in [5.74, 6) is 0.836. The number of nitrogens with zero attached hydrogens (tertiary/aromatic N) is 4. The Labute approximate surface area is 105 Å². The maximum absolute atomic E-state index is 8.50. The van der Waals surface area contributed by atoms with E-state index in [1.165, 1.54) is 6.33 Å². The Hall–Kier alpha value is -1.56. The highest BCUT2D eigenvalue weighted by molar-refractivity contribution is 6.32. The van der Waals surface area contributed by atoms with Gasteiger partial charge in [-0.1, -0.05) is 16.8 Å². The van der Waals surface area contributed by atoms with Crippen molar-refractivity contribution in [2.75, 3.05) is 11.4 Å². The molecule has 1 rings (SSSR count). The normalized spacial score (nSPS) is 11.9.